The van der Waals surface area contributed by atoms with Crippen molar-refractivity contribution in [2.45, 2.75) is 19.4 Å². The Bertz CT molecular complexity index is 551. The quantitative estimate of drug-likeness (QED) is 0.893. The molecule has 0 saturated carbocycles. The van der Waals surface area contributed by atoms with Crippen molar-refractivity contribution in [2.75, 3.05) is 0 Å². The van der Waals surface area contributed by atoms with Crippen LogP contribution in [-0.2, 0) is 11.3 Å². The minimum Gasteiger partial charge on any atom is -0.481 e. The zero-order valence-electron chi connectivity index (χ0n) is 8.81. The number of hydrogen-bond donors (Lipinski definition) is 1. The van der Waals surface area contributed by atoms with Crippen LogP contribution in [0.2, 0.25) is 0 Å². The SMILES string of the molecule is O=C(O)CCn1c(C(F)F)cc2cccnc21. The van der Waals surface area contributed by atoms with Gasteiger partial charge in [-0.05, 0) is 18.2 Å². The molecule has 0 fully saturated rings. The number of carbonyl (C=O) groups is 1. The van der Waals surface area contributed by atoms with E-state index >= 15 is 0 Å². The summed E-state index contributed by atoms with van der Waals surface area (Å²) in [5.74, 6) is -1.03. The number of aryl methyl sites for hydroxylation is 1. The topological polar surface area (TPSA) is 55.1 Å². The average molecular weight is 240 g/mol. The fraction of sp³-hybridized carbons (Fsp3) is 0.273. The van der Waals surface area contributed by atoms with Crippen LogP contribution in [0.4, 0.5) is 8.78 Å². The lowest BCUT2D eigenvalue weighted by molar-refractivity contribution is -0.137. The molecular formula is C11H10F2N2O2. The van der Waals surface area contributed by atoms with Crippen LogP contribution in [0.3, 0.4) is 0 Å². The summed E-state index contributed by atoms with van der Waals surface area (Å²) in [5.41, 5.74) is 0.198. The maximum absolute atomic E-state index is 12.8. The van der Waals surface area contributed by atoms with Crippen molar-refractivity contribution in [1.82, 2.24) is 9.55 Å². The maximum atomic E-state index is 12.8. The Morgan fingerprint density at radius 1 is 1.53 bits per heavy atom. The van der Waals surface area contributed by atoms with Crippen molar-refractivity contribution < 1.29 is 18.7 Å². The largest absolute Gasteiger partial charge is 0.481 e. The highest BCUT2D eigenvalue weighted by atomic mass is 19.3. The van der Waals surface area contributed by atoms with Crippen LogP contribution in [0.1, 0.15) is 18.5 Å². The first-order chi connectivity index (χ1) is 8.09. The molecule has 0 amide bonds. The number of alkyl halides is 2. The maximum Gasteiger partial charge on any atom is 0.305 e. The summed E-state index contributed by atoms with van der Waals surface area (Å²) < 4.78 is 26.8. The Morgan fingerprint density at radius 3 is 2.94 bits per heavy atom. The summed E-state index contributed by atoms with van der Waals surface area (Å²) in [6, 6.07) is 4.67. The second-order valence-electron chi connectivity index (χ2n) is 3.58. The van der Waals surface area contributed by atoms with Gasteiger partial charge in [0.15, 0.2) is 0 Å². The van der Waals surface area contributed by atoms with Gasteiger partial charge in [-0.1, -0.05) is 0 Å². The molecule has 90 valence electrons. The lowest BCUT2D eigenvalue weighted by Crippen LogP contribution is -2.08. The van der Waals surface area contributed by atoms with Crippen molar-refractivity contribution in [2.24, 2.45) is 0 Å². The first-order valence-electron chi connectivity index (χ1n) is 5.03. The van der Waals surface area contributed by atoms with Gasteiger partial charge in [0.05, 0.1) is 12.1 Å². The van der Waals surface area contributed by atoms with Gasteiger partial charge in [-0.25, -0.2) is 13.8 Å². The number of halogens is 2. The normalized spacial score (nSPS) is 11.2. The number of hydrogen-bond acceptors (Lipinski definition) is 2. The minimum atomic E-state index is -2.64. The van der Waals surface area contributed by atoms with Crippen LogP contribution >= 0.6 is 0 Å². The molecule has 2 aromatic heterocycles. The predicted octanol–water partition coefficient (Wildman–Crippen LogP) is 2.45. The highest BCUT2D eigenvalue weighted by Crippen LogP contribution is 2.26. The van der Waals surface area contributed by atoms with E-state index in [9.17, 15) is 13.6 Å². The molecule has 6 heteroatoms. The molecule has 0 aromatic carbocycles. The lowest BCUT2D eigenvalue weighted by Gasteiger charge is -2.07. The summed E-state index contributed by atoms with van der Waals surface area (Å²) in [6.45, 7) is -0.00444. The highest BCUT2D eigenvalue weighted by Gasteiger charge is 2.17. The van der Waals surface area contributed by atoms with E-state index in [4.69, 9.17) is 5.11 Å². The molecule has 0 unspecified atom stereocenters. The first kappa shape index (κ1) is 11.5. The van der Waals surface area contributed by atoms with Crippen LogP contribution in [0.15, 0.2) is 24.4 Å². The second kappa shape index (κ2) is 4.48. The molecule has 17 heavy (non-hydrogen) atoms. The number of carboxylic acids is 1. The van der Waals surface area contributed by atoms with Crippen LogP contribution in [0.5, 0.6) is 0 Å². The first-order valence-corrected chi connectivity index (χ1v) is 5.03. The van der Waals surface area contributed by atoms with E-state index < -0.39 is 12.4 Å². The Hall–Kier alpha value is -1.98. The number of carboxylic acid groups (broad SMARTS) is 1. The standard InChI is InChI=1S/C11H10F2N2O2/c12-10(13)8-6-7-2-1-4-14-11(7)15(8)5-3-9(16)17/h1-2,4,6,10H,3,5H2,(H,16,17). The average Bonchev–Trinajstić information content (AvgIpc) is 2.65. The van der Waals surface area contributed by atoms with Gasteiger partial charge in [0.25, 0.3) is 6.43 Å². The van der Waals surface area contributed by atoms with E-state index in [-0.39, 0.29) is 18.7 Å². The summed E-state index contributed by atoms with van der Waals surface area (Å²) in [5, 5.41) is 9.18. The van der Waals surface area contributed by atoms with Gasteiger partial charge in [-0.15, -0.1) is 0 Å². The van der Waals surface area contributed by atoms with Crippen molar-refractivity contribution in [3.8, 4) is 0 Å². The van der Waals surface area contributed by atoms with Crippen LogP contribution in [0, 0.1) is 0 Å². The van der Waals surface area contributed by atoms with E-state index in [1.165, 1.54) is 16.8 Å². The summed E-state index contributed by atoms with van der Waals surface area (Å²) in [4.78, 5) is 14.5. The number of rotatable bonds is 4. The van der Waals surface area contributed by atoms with Crippen molar-refractivity contribution >= 4 is 17.0 Å². The van der Waals surface area contributed by atoms with Gasteiger partial charge in [0.2, 0.25) is 0 Å². The molecule has 0 saturated heterocycles. The number of aliphatic carboxylic acids is 1. The second-order valence-corrected chi connectivity index (χ2v) is 3.58. The van der Waals surface area contributed by atoms with Crippen LogP contribution < -0.4 is 0 Å². The number of nitrogens with zero attached hydrogens (tertiary/aromatic N) is 2. The van der Waals surface area contributed by atoms with Gasteiger partial charge in [0, 0.05) is 18.1 Å². The zero-order chi connectivity index (χ0) is 12.4. The molecule has 0 spiro atoms. The third-order valence-corrected chi connectivity index (χ3v) is 2.46. The Kier molecular flexibility index (Phi) is 3.03. The summed E-state index contributed by atoms with van der Waals surface area (Å²) in [6.07, 6.45) is -1.35. The molecule has 2 heterocycles. The third kappa shape index (κ3) is 2.25. The van der Waals surface area contributed by atoms with Gasteiger partial charge in [-0.2, -0.15) is 0 Å². The fourth-order valence-corrected chi connectivity index (χ4v) is 1.73. The van der Waals surface area contributed by atoms with Gasteiger partial charge in [-0.3, -0.25) is 4.79 Å². The molecule has 0 aliphatic heterocycles. The third-order valence-electron chi connectivity index (χ3n) is 2.46. The minimum absolute atomic E-state index is 0.00444. The lowest BCUT2D eigenvalue weighted by atomic mass is 10.3. The molecule has 2 rings (SSSR count). The highest BCUT2D eigenvalue weighted by molar-refractivity contribution is 5.77. The van der Waals surface area contributed by atoms with E-state index in [2.05, 4.69) is 4.98 Å². The van der Waals surface area contributed by atoms with Crippen molar-refractivity contribution in [3.05, 3.63) is 30.1 Å². The van der Waals surface area contributed by atoms with E-state index in [1.807, 2.05) is 0 Å². The molecular weight excluding hydrogens is 230 g/mol. The number of fused-ring (bicyclic) bond motifs is 1. The molecule has 1 N–H and O–H groups in total. The number of aromatic nitrogens is 2. The Balaban J connectivity index is 2.48. The van der Waals surface area contributed by atoms with E-state index in [1.54, 1.807) is 12.1 Å². The van der Waals surface area contributed by atoms with Crippen LogP contribution in [-0.4, -0.2) is 20.6 Å². The molecule has 4 nitrogen and oxygen atoms in total. The summed E-state index contributed by atoms with van der Waals surface area (Å²) in [7, 11) is 0. The Morgan fingerprint density at radius 2 is 2.29 bits per heavy atom. The molecule has 0 aliphatic rings. The molecule has 0 aliphatic carbocycles. The Labute approximate surface area is 95.5 Å². The van der Waals surface area contributed by atoms with Gasteiger partial charge >= 0.3 is 5.97 Å². The molecule has 0 radical (unpaired) electrons. The number of pyridine rings is 1. The molecule has 0 bridgehead atoms. The fourth-order valence-electron chi connectivity index (χ4n) is 1.73. The van der Waals surface area contributed by atoms with Gasteiger partial charge in [0.1, 0.15) is 5.65 Å². The molecule has 0 atom stereocenters. The summed E-state index contributed by atoms with van der Waals surface area (Å²) >= 11 is 0. The van der Waals surface area contributed by atoms with Gasteiger partial charge < -0.3 is 9.67 Å². The predicted molar refractivity (Wildman–Crippen MR) is 56.9 cm³/mol. The zero-order valence-corrected chi connectivity index (χ0v) is 8.81. The monoisotopic (exact) mass is 240 g/mol. The van der Waals surface area contributed by atoms with E-state index in [0.717, 1.165) is 0 Å². The van der Waals surface area contributed by atoms with E-state index in [0.29, 0.717) is 11.0 Å². The van der Waals surface area contributed by atoms with Crippen molar-refractivity contribution in [1.29, 1.82) is 0 Å². The van der Waals surface area contributed by atoms with Crippen molar-refractivity contribution in [3.63, 3.8) is 0 Å². The molecule has 2 aromatic rings. The van der Waals surface area contributed by atoms with Crippen LogP contribution in [0.25, 0.3) is 11.0 Å². The smallest absolute Gasteiger partial charge is 0.305 e.